The van der Waals surface area contributed by atoms with Crippen molar-refractivity contribution in [2.45, 2.75) is 57.2 Å². The van der Waals surface area contributed by atoms with Gasteiger partial charge in [0.2, 0.25) is 0 Å². The molecule has 98 valence electrons. The Hall–Kier alpha value is -0.740. The van der Waals surface area contributed by atoms with Gasteiger partial charge in [-0.15, -0.1) is 0 Å². The highest BCUT2D eigenvalue weighted by Gasteiger charge is 1.95. The summed E-state index contributed by atoms with van der Waals surface area (Å²) in [5, 5.41) is 0.884. The van der Waals surface area contributed by atoms with Gasteiger partial charge in [-0.25, -0.2) is 0 Å². The Morgan fingerprint density at radius 2 is 1.72 bits per heavy atom. The largest absolute Gasteiger partial charge is 0.0979 e. The summed E-state index contributed by atoms with van der Waals surface area (Å²) in [5.41, 5.74) is 2.45. The highest BCUT2D eigenvalue weighted by Crippen LogP contribution is 2.11. The van der Waals surface area contributed by atoms with Crippen molar-refractivity contribution in [2.24, 2.45) is 0 Å². The molecule has 0 N–H and O–H groups in total. The Labute approximate surface area is 120 Å². The predicted octanol–water partition coefficient (Wildman–Crippen LogP) is 5.68. The molecule has 0 aliphatic carbocycles. The number of rotatable bonds is 7. The second-order valence-electron chi connectivity index (χ2n) is 4.61. The first kappa shape index (κ1) is 15.3. The lowest BCUT2D eigenvalue weighted by molar-refractivity contribution is 0.614. The van der Waals surface area contributed by atoms with Crippen molar-refractivity contribution in [3.8, 4) is 11.8 Å². The number of hydrogen-bond acceptors (Lipinski definition) is 0. The fourth-order valence-electron chi connectivity index (χ4n) is 1.91. The maximum Gasteiger partial charge on any atom is 0.0295 e. The minimum Gasteiger partial charge on any atom is -0.0979 e. The topological polar surface area (TPSA) is 0 Å². The molecule has 0 saturated carbocycles. The zero-order chi connectivity index (χ0) is 13.1. The molecule has 0 nitrogen and oxygen atoms in total. The van der Waals surface area contributed by atoms with Crippen LogP contribution in [0.4, 0.5) is 0 Å². The van der Waals surface area contributed by atoms with Crippen molar-refractivity contribution in [1.29, 1.82) is 0 Å². The van der Waals surface area contributed by atoms with Gasteiger partial charge in [0, 0.05) is 17.3 Å². The molecule has 0 aliphatic rings. The van der Waals surface area contributed by atoms with Gasteiger partial charge >= 0.3 is 0 Å². The van der Waals surface area contributed by atoms with Gasteiger partial charge in [0.1, 0.15) is 0 Å². The second-order valence-corrected chi connectivity index (χ2v) is 5.17. The Morgan fingerprint density at radius 3 is 2.50 bits per heavy atom. The molecular formula is C17H23Br. The van der Waals surface area contributed by atoms with E-state index in [1.807, 2.05) is 0 Å². The van der Waals surface area contributed by atoms with Crippen LogP contribution in [0.3, 0.4) is 0 Å². The van der Waals surface area contributed by atoms with Crippen molar-refractivity contribution < 1.29 is 0 Å². The van der Waals surface area contributed by atoms with Crippen LogP contribution in [0.2, 0.25) is 0 Å². The molecule has 1 aromatic carbocycles. The summed E-state index contributed by atoms with van der Waals surface area (Å²) in [5.74, 6) is 6.58. The Bertz CT molecular complexity index is 384. The molecule has 1 heteroatoms. The molecule has 0 bridgehead atoms. The van der Waals surface area contributed by atoms with Gasteiger partial charge in [-0.2, -0.15) is 0 Å². The van der Waals surface area contributed by atoms with E-state index in [9.17, 15) is 0 Å². The van der Waals surface area contributed by atoms with Crippen molar-refractivity contribution >= 4 is 15.9 Å². The van der Waals surface area contributed by atoms with Gasteiger partial charge in [0.15, 0.2) is 0 Å². The molecule has 0 radical (unpaired) electrons. The summed E-state index contributed by atoms with van der Waals surface area (Å²) < 4.78 is 0. The van der Waals surface area contributed by atoms with E-state index >= 15 is 0 Å². The van der Waals surface area contributed by atoms with Crippen LogP contribution in [-0.4, -0.2) is 0 Å². The maximum absolute atomic E-state index is 3.50. The van der Waals surface area contributed by atoms with Crippen LogP contribution in [0.15, 0.2) is 24.3 Å². The minimum atomic E-state index is 0.884. The first-order valence-corrected chi connectivity index (χ1v) is 8.13. The van der Waals surface area contributed by atoms with E-state index in [1.165, 1.54) is 49.7 Å². The first-order chi connectivity index (χ1) is 8.88. The molecule has 0 unspecified atom stereocenters. The van der Waals surface area contributed by atoms with Crippen LogP contribution in [0.5, 0.6) is 0 Å². The van der Waals surface area contributed by atoms with Crippen molar-refractivity contribution in [3.63, 3.8) is 0 Å². The highest BCUT2D eigenvalue weighted by molar-refractivity contribution is 9.08. The molecule has 0 amide bonds. The third-order valence-corrected chi connectivity index (χ3v) is 3.64. The maximum atomic E-state index is 3.50. The van der Waals surface area contributed by atoms with Crippen molar-refractivity contribution in [3.05, 3.63) is 35.4 Å². The molecule has 1 aromatic rings. The van der Waals surface area contributed by atoms with Gasteiger partial charge in [-0.1, -0.05) is 85.0 Å². The van der Waals surface area contributed by atoms with Crippen molar-refractivity contribution in [1.82, 2.24) is 0 Å². The summed E-state index contributed by atoms with van der Waals surface area (Å²) >= 11 is 3.50. The molecule has 1 rings (SSSR count). The van der Waals surface area contributed by atoms with E-state index in [-0.39, 0.29) is 0 Å². The predicted molar refractivity (Wildman–Crippen MR) is 83.9 cm³/mol. The zero-order valence-corrected chi connectivity index (χ0v) is 12.9. The lowest BCUT2D eigenvalue weighted by Gasteiger charge is -1.98. The average molecular weight is 307 g/mol. The normalized spacial score (nSPS) is 9.89. The molecule has 0 fully saturated rings. The molecular weight excluding hydrogens is 284 g/mol. The quantitative estimate of drug-likeness (QED) is 0.345. The zero-order valence-electron chi connectivity index (χ0n) is 11.3. The van der Waals surface area contributed by atoms with Crippen LogP contribution in [0.1, 0.15) is 63.0 Å². The van der Waals surface area contributed by atoms with E-state index in [0.29, 0.717) is 0 Å². The SMILES string of the molecule is CCCCCCCCC#Cc1ccccc1CBr. The van der Waals surface area contributed by atoms with Crippen LogP contribution in [0, 0.1) is 11.8 Å². The monoisotopic (exact) mass is 306 g/mol. The average Bonchev–Trinajstić information content (AvgIpc) is 2.42. The fourth-order valence-corrected chi connectivity index (χ4v) is 2.40. The van der Waals surface area contributed by atoms with Crippen LogP contribution < -0.4 is 0 Å². The van der Waals surface area contributed by atoms with Gasteiger partial charge in [0.25, 0.3) is 0 Å². The standard InChI is InChI=1S/C17H23Br/c1-2-3-4-5-6-7-8-9-12-16-13-10-11-14-17(16)15-18/h10-11,13-14H,2-8,15H2,1H3. The lowest BCUT2D eigenvalue weighted by Crippen LogP contribution is -1.84. The fraction of sp³-hybridized carbons (Fsp3) is 0.529. The van der Waals surface area contributed by atoms with E-state index in [1.54, 1.807) is 0 Å². The smallest absolute Gasteiger partial charge is 0.0295 e. The number of halogens is 1. The van der Waals surface area contributed by atoms with Crippen molar-refractivity contribution in [2.75, 3.05) is 0 Å². The Kier molecular flexibility index (Phi) is 8.69. The first-order valence-electron chi connectivity index (χ1n) is 7.01. The van der Waals surface area contributed by atoms with Gasteiger partial charge in [-0.3, -0.25) is 0 Å². The molecule has 0 atom stereocenters. The highest BCUT2D eigenvalue weighted by atomic mass is 79.9. The van der Waals surface area contributed by atoms with Crippen LogP contribution in [0.25, 0.3) is 0 Å². The molecule has 0 heterocycles. The Morgan fingerprint density at radius 1 is 1.00 bits per heavy atom. The molecule has 0 saturated heterocycles. The van der Waals surface area contributed by atoms with E-state index in [2.05, 4.69) is 59.0 Å². The van der Waals surface area contributed by atoms with Gasteiger partial charge in [-0.05, 0) is 18.1 Å². The van der Waals surface area contributed by atoms with E-state index < -0.39 is 0 Å². The van der Waals surface area contributed by atoms with Crippen LogP contribution >= 0.6 is 15.9 Å². The third-order valence-electron chi connectivity index (χ3n) is 3.04. The number of unbranched alkanes of at least 4 members (excludes halogenated alkanes) is 6. The van der Waals surface area contributed by atoms with E-state index in [0.717, 1.165) is 11.8 Å². The summed E-state index contributed by atoms with van der Waals surface area (Å²) in [4.78, 5) is 0. The van der Waals surface area contributed by atoms with Crippen LogP contribution in [-0.2, 0) is 5.33 Å². The number of alkyl halides is 1. The molecule has 0 aliphatic heterocycles. The summed E-state index contributed by atoms with van der Waals surface area (Å²) in [7, 11) is 0. The van der Waals surface area contributed by atoms with Gasteiger partial charge in [0.05, 0.1) is 0 Å². The van der Waals surface area contributed by atoms with Gasteiger partial charge < -0.3 is 0 Å². The molecule has 0 spiro atoms. The minimum absolute atomic E-state index is 0.884. The number of hydrogen-bond donors (Lipinski definition) is 0. The summed E-state index contributed by atoms with van der Waals surface area (Å²) in [6.45, 7) is 2.26. The Balaban J connectivity index is 2.25. The second kappa shape index (κ2) is 10.2. The third kappa shape index (κ3) is 6.26. The summed E-state index contributed by atoms with van der Waals surface area (Å²) in [6, 6.07) is 8.35. The van der Waals surface area contributed by atoms with E-state index in [4.69, 9.17) is 0 Å². The summed E-state index contributed by atoms with van der Waals surface area (Å²) in [6.07, 6.45) is 9.06. The lowest BCUT2D eigenvalue weighted by atomic mass is 10.1. The molecule has 0 aromatic heterocycles. The number of benzene rings is 1. The molecule has 18 heavy (non-hydrogen) atoms.